The molecule has 7 nitrogen and oxygen atoms in total. The summed E-state index contributed by atoms with van der Waals surface area (Å²) in [5.41, 5.74) is 11.5. The Kier molecular flexibility index (Phi) is 10.1. The quantitative estimate of drug-likeness (QED) is 0.315. The van der Waals surface area contributed by atoms with Gasteiger partial charge in [-0.25, -0.2) is 9.07 Å². The number of methoxy groups -OCH3 is 1. The molecule has 8 heteroatoms. The summed E-state index contributed by atoms with van der Waals surface area (Å²) in [5, 5.41) is 15.2. The summed E-state index contributed by atoms with van der Waals surface area (Å²) >= 11 is 0. The largest absolute Gasteiger partial charge is 0.496 e. The number of allylic oxidation sites excluding steroid dienone is 2. The maximum atomic E-state index is 13.8. The number of nitrogens with one attached hydrogen (secondary N) is 2. The highest BCUT2D eigenvalue weighted by Gasteiger charge is 2.22. The first kappa shape index (κ1) is 26.9. The standard InChI is InChI=1S/C24H33FN6O.C2H4/c1-15(2)24(32-5)19(18-6-8-27-9-7-18)13-28-21(12-26)22-14-31(30-29-22)23-11-16(3)20(25)10-17(23)4;1-2/h10-14,18,27-28H,6-9,26H2,1-5H3;1-2H2/b19-13-,21-12-;. The second kappa shape index (κ2) is 12.7. The maximum Gasteiger partial charge on any atom is 0.131 e. The van der Waals surface area contributed by atoms with Crippen LogP contribution in [0.1, 0.15) is 43.5 Å². The predicted octanol–water partition coefficient (Wildman–Crippen LogP) is 4.50. The van der Waals surface area contributed by atoms with E-state index < -0.39 is 0 Å². The minimum Gasteiger partial charge on any atom is -0.496 e. The van der Waals surface area contributed by atoms with Crippen LogP contribution < -0.4 is 16.4 Å². The molecule has 3 rings (SSSR count). The molecule has 4 N–H and O–H groups in total. The fourth-order valence-corrected chi connectivity index (χ4v) is 3.99. The van der Waals surface area contributed by atoms with Crippen molar-refractivity contribution in [3.8, 4) is 5.69 Å². The van der Waals surface area contributed by atoms with Gasteiger partial charge in [-0.15, -0.1) is 18.3 Å². The number of piperidine rings is 1. The average Bonchev–Trinajstić information content (AvgIpc) is 3.32. The van der Waals surface area contributed by atoms with Crippen molar-refractivity contribution in [2.24, 2.45) is 11.7 Å². The number of nitrogens with two attached hydrogens (primary N) is 1. The topological polar surface area (TPSA) is 90.0 Å². The van der Waals surface area contributed by atoms with E-state index in [-0.39, 0.29) is 5.82 Å². The van der Waals surface area contributed by atoms with Crippen LogP contribution in [-0.4, -0.2) is 35.2 Å². The van der Waals surface area contributed by atoms with Gasteiger partial charge in [0.15, 0.2) is 0 Å². The van der Waals surface area contributed by atoms with E-state index in [1.165, 1.54) is 12.3 Å². The zero-order valence-corrected chi connectivity index (χ0v) is 20.9. The van der Waals surface area contributed by atoms with Gasteiger partial charge in [0.25, 0.3) is 0 Å². The Morgan fingerprint density at radius 1 is 1.24 bits per heavy atom. The van der Waals surface area contributed by atoms with E-state index >= 15 is 0 Å². The van der Waals surface area contributed by atoms with Crippen LogP contribution in [0.25, 0.3) is 11.4 Å². The molecular formula is C26H37FN6O. The van der Waals surface area contributed by atoms with Gasteiger partial charge in [-0.3, -0.25) is 0 Å². The Morgan fingerprint density at radius 3 is 2.50 bits per heavy atom. The molecule has 0 aliphatic carbocycles. The number of hydrogen-bond acceptors (Lipinski definition) is 6. The molecule has 0 unspecified atom stereocenters. The lowest BCUT2D eigenvalue weighted by atomic mass is 9.88. The third kappa shape index (κ3) is 6.35. The predicted molar refractivity (Wildman–Crippen MR) is 136 cm³/mol. The van der Waals surface area contributed by atoms with Gasteiger partial charge < -0.3 is 21.1 Å². The van der Waals surface area contributed by atoms with E-state index in [1.807, 2.05) is 27.0 Å². The van der Waals surface area contributed by atoms with Crippen molar-refractivity contribution in [2.45, 2.75) is 40.5 Å². The van der Waals surface area contributed by atoms with Gasteiger partial charge >= 0.3 is 0 Å². The molecule has 1 fully saturated rings. The third-order valence-corrected chi connectivity index (χ3v) is 5.74. The normalized spacial score (nSPS) is 14.8. The Hall–Kier alpha value is -3.39. The highest BCUT2D eigenvalue weighted by Crippen LogP contribution is 2.29. The van der Waals surface area contributed by atoms with Crippen molar-refractivity contribution in [3.05, 3.63) is 83.4 Å². The summed E-state index contributed by atoms with van der Waals surface area (Å²) in [5.74, 6) is 1.04. The maximum absolute atomic E-state index is 13.8. The second-order valence-electron chi connectivity index (χ2n) is 8.32. The molecule has 1 aliphatic heterocycles. The monoisotopic (exact) mass is 468 g/mol. The Labute approximate surface area is 202 Å². The van der Waals surface area contributed by atoms with E-state index in [0.717, 1.165) is 54.1 Å². The molecule has 1 saturated heterocycles. The van der Waals surface area contributed by atoms with Crippen molar-refractivity contribution in [3.63, 3.8) is 0 Å². The van der Waals surface area contributed by atoms with Crippen molar-refractivity contribution in [1.82, 2.24) is 25.6 Å². The minimum absolute atomic E-state index is 0.236. The Bertz CT molecular complexity index is 1060. The number of aryl methyl sites for hydroxylation is 2. The smallest absolute Gasteiger partial charge is 0.131 e. The molecule has 0 atom stereocenters. The van der Waals surface area contributed by atoms with Crippen LogP contribution in [0.4, 0.5) is 4.39 Å². The second-order valence-corrected chi connectivity index (χ2v) is 8.32. The van der Waals surface area contributed by atoms with Gasteiger partial charge in [-0.1, -0.05) is 5.21 Å². The summed E-state index contributed by atoms with van der Waals surface area (Å²) in [6, 6.07) is 3.26. The van der Waals surface area contributed by atoms with Crippen LogP contribution in [-0.2, 0) is 4.74 Å². The fraction of sp³-hybridized carbons (Fsp3) is 0.385. The van der Waals surface area contributed by atoms with Crippen molar-refractivity contribution < 1.29 is 9.13 Å². The van der Waals surface area contributed by atoms with Gasteiger partial charge in [0, 0.05) is 18.0 Å². The van der Waals surface area contributed by atoms with Gasteiger partial charge in [-0.05, 0) is 88.4 Å². The summed E-state index contributed by atoms with van der Waals surface area (Å²) in [6.45, 7) is 15.6. The van der Waals surface area contributed by atoms with E-state index in [4.69, 9.17) is 10.5 Å². The molecule has 0 amide bonds. The van der Waals surface area contributed by atoms with E-state index in [9.17, 15) is 4.39 Å². The lowest BCUT2D eigenvalue weighted by Gasteiger charge is -2.27. The molecule has 1 aromatic heterocycles. The molecule has 0 spiro atoms. The van der Waals surface area contributed by atoms with Crippen LogP contribution in [0.5, 0.6) is 0 Å². The number of benzene rings is 1. The fourth-order valence-electron chi connectivity index (χ4n) is 3.99. The number of rotatable bonds is 7. The lowest BCUT2D eigenvalue weighted by Crippen LogP contribution is -2.29. The first-order chi connectivity index (χ1) is 16.3. The van der Waals surface area contributed by atoms with E-state index in [2.05, 4.69) is 34.1 Å². The summed E-state index contributed by atoms with van der Waals surface area (Å²) in [7, 11) is 1.70. The summed E-state index contributed by atoms with van der Waals surface area (Å²) in [6.07, 6.45) is 7.29. The highest BCUT2D eigenvalue weighted by molar-refractivity contribution is 5.61. The van der Waals surface area contributed by atoms with Gasteiger partial charge in [-0.2, -0.15) is 0 Å². The molecule has 2 heterocycles. The first-order valence-electron chi connectivity index (χ1n) is 11.4. The number of nitrogens with zero attached hydrogens (tertiary/aromatic N) is 3. The molecule has 34 heavy (non-hydrogen) atoms. The van der Waals surface area contributed by atoms with Gasteiger partial charge in [0.1, 0.15) is 17.3 Å². The molecule has 0 bridgehead atoms. The summed E-state index contributed by atoms with van der Waals surface area (Å²) < 4.78 is 21.2. The molecular weight excluding hydrogens is 431 g/mol. The molecule has 0 saturated carbocycles. The summed E-state index contributed by atoms with van der Waals surface area (Å²) in [4.78, 5) is 0. The number of halogens is 1. The van der Waals surface area contributed by atoms with Crippen molar-refractivity contribution in [2.75, 3.05) is 20.2 Å². The van der Waals surface area contributed by atoms with E-state index in [1.54, 1.807) is 31.0 Å². The Balaban J connectivity index is 0.00000199. The minimum atomic E-state index is -0.236. The Morgan fingerprint density at radius 2 is 1.91 bits per heavy atom. The zero-order valence-electron chi connectivity index (χ0n) is 20.9. The molecule has 1 aromatic carbocycles. The van der Waals surface area contributed by atoms with E-state index in [0.29, 0.717) is 22.9 Å². The lowest BCUT2D eigenvalue weighted by molar-refractivity contribution is 0.279. The molecule has 2 aromatic rings. The van der Waals surface area contributed by atoms with Gasteiger partial charge in [0.05, 0.1) is 24.7 Å². The molecule has 1 aliphatic rings. The average molecular weight is 469 g/mol. The van der Waals surface area contributed by atoms with Crippen LogP contribution >= 0.6 is 0 Å². The van der Waals surface area contributed by atoms with Gasteiger partial charge in [0.2, 0.25) is 0 Å². The highest BCUT2D eigenvalue weighted by atomic mass is 19.1. The SMILES string of the molecule is C=C.COC(=C(C)C)/C(=C\N/C(=C\N)c1cn(-c2cc(C)c(F)cc2C)nn1)C1CCNCC1. The number of ether oxygens (including phenoxy) is 1. The van der Waals surface area contributed by atoms with Crippen LogP contribution in [0.2, 0.25) is 0 Å². The van der Waals surface area contributed by atoms with Crippen LogP contribution in [0, 0.1) is 25.6 Å². The first-order valence-corrected chi connectivity index (χ1v) is 11.4. The molecule has 184 valence electrons. The molecule has 0 radical (unpaired) electrons. The zero-order chi connectivity index (χ0) is 25.3. The van der Waals surface area contributed by atoms with Crippen LogP contribution in [0.15, 0.2) is 60.8 Å². The third-order valence-electron chi connectivity index (χ3n) is 5.74. The van der Waals surface area contributed by atoms with Crippen molar-refractivity contribution >= 4 is 5.70 Å². The number of aromatic nitrogens is 3. The van der Waals surface area contributed by atoms with Crippen LogP contribution in [0.3, 0.4) is 0 Å². The number of hydrogen-bond donors (Lipinski definition) is 3. The van der Waals surface area contributed by atoms with Crippen molar-refractivity contribution in [1.29, 1.82) is 0 Å².